The van der Waals surface area contributed by atoms with E-state index in [-0.39, 0.29) is 5.69 Å². The minimum Gasteiger partial charge on any atom is -0.465 e. The van der Waals surface area contributed by atoms with Crippen LogP contribution in [0, 0.1) is 11.6 Å². The number of carbonyl (C=O) groups excluding carboxylic acids is 2. The van der Waals surface area contributed by atoms with Crippen LogP contribution in [0.2, 0.25) is 0 Å². The minimum atomic E-state index is -1.05. The summed E-state index contributed by atoms with van der Waals surface area (Å²) in [5, 5.41) is 4.92. The third-order valence-corrected chi connectivity index (χ3v) is 2.55. The van der Waals surface area contributed by atoms with Crippen LogP contribution in [-0.2, 0) is 9.53 Å². The van der Waals surface area contributed by atoms with Crippen molar-refractivity contribution >= 4 is 17.6 Å². The Hall–Kier alpha value is -2.02. The number of methoxy groups -OCH3 is 1. The fraction of sp³-hybridized carbons (Fsp3) is 0.333. The molecule has 1 unspecified atom stereocenters. The summed E-state index contributed by atoms with van der Waals surface area (Å²) >= 11 is 0. The van der Waals surface area contributed by atoms with Gasteiger partial charge in [-0.05, 0) is 20.0 Å². The maximum Gasteiger partial charge on any atom is 0.340 e. The lowest BCUT2D eigenvalue weighted by molar-refractivity contribution is -0.117. The molecule has 0 fully saturated rings. The average Bonchev–Trinajstić information content (AvgIpc) is 2.39. The van der Waals surface area contributed by atoms with E-state index < -0.39 is 35.1 Å². The number of benzene rings is 1. The second-order valence-corrected chi connectivity index (χ2v) is 3.80. The topological polar surface area (TPSA) is 67.4 Å². The Bertz CT molecular complexity index is 506. The first-order chi connectivity index (χ1) is 8.90. The highest BCUT2D eigenvalue weighted by atomic mass is 19.1. The van der Waals surface area contributed by atoms with Gasteiger partial charge in [0.2, 0.25) is 5.91 Å². The molecule has 1 aromatic carbocycles. The third kappa shape index (κ3) is 3.47. The predicted octanol–water partition coefficient (Wildman–Crippen LogP) is 1.30. The van der Waals surface area contributed by atoms with Crippen LogP contribution in [0.5, 0.6) is 0 Å². The van der Waals surface area contributed by atoms with E-state index in [1.54, 1.807) is 14.0 Å². The Balaban J connectivity index is 3.08. The SMILES string of the molecule is CNC(C)C(=O)Nc1cc(C(=O)OC)c(F)cc1F. The van der Waals surface area contributed by atoms with Crippen LogP contribution >= 0.6 is 0 Å². The van der Waals surface area contributed by atoms with E-state index in [1.165, 1.54) is 0 Å². The number of nitrogens with one attached hydrogen (secondary N) is 2. The number of rotatable bonds is 4. The van der Waals surface area contributed by atoms with Gasteiger partial charge >= 0.3 is 5.97 Å². The third-order valence-electron chi connectivity index (χ3n) is 2.55. The number of ether oxygens (including phenoxy) is 1. The van der Waals surface area contributed by atoms with Crippen LogP contribution in [0.1, 0.15) is 17.3 Å². The van der Waals surface area contributed by atoms with Gasteiger partial charge in [-0.3, -0.25) is 4.79 Å². The Kier molecular flexibility index (Phi) is 4.94. The maximum absolute atomic E-state index is 13.5. The molecule has 1 atom stereocenters. The highest BCUT2D eigenvalue weighted by Crippen LogP contribution is 2.20. The van der Waals surface area contributed by atoms with Gasteiger partial charge in [0, 0.05) is 6.07 Å². The number of hydrogen-bond donors (Lipinski definition) is 2. The normalized spacial score (nSPS) is 11.8. The standard InChI is InChI=1S/C12H14F2N2O3/c1-6(15-2)11(17)16-10-4-7(12(18)19-3)8(13)5-9(10)14/h4-6,15H,1-3H3,(H,16,17). The van der Waals surface area contributed by atoms with E-state index in [1.807, 2.05) is 0 Å². The zero-order valence-corrected chi connectivity index (χ0v) is 10.7. The number of amides is 1. The lowest BCUT2D eigenvalue weighted by Crippen LogP contribution is -2.35. The molecule has 1 rings (SSSR count). The zero-order valence-electron chi connectivity index (χ0n) is 10.7. The molecular formula is C12H14F2N2O3. The van der Waals surface area contributed by atoms with E-state index in [0.717, 1.165) is 13.2 Å². The summed E-state index contributed by atoms with van der Waals surface area (Å²) in [6.07, 6.45) is 0. The molecule has 104 valence electrons. The van der Waals surface area contributed by atoms with Crippen LogP contribution < -0.4 is 10.6 Å². The Morgan fingerprint density at radius 1 is 1.26 bits per heavy atom. The summed E-state index contributed by atoms with van der Waals surface area (Å²) < 4.78 is 31.2. The lowest BCUT2D eigenvalue weighted by atomic mass is 10.1. The number of halogens is 2. The molecule has 0 saturated carbocycles. The number of likely N-dealkylation sites (N-methyl/N-ethyl adjacent to an activating group) is 1. The minimum absolute atomic E-state index is 0.283. The molecule has 0 heterocycles. The fourth-order valence-corrected chi connectivity index (χ4v) is 1.28. The van der Waals surface area contributed by atoms with Gasteiger partial charge in [0.15, 0.2) is 0 Å². The summed E-state index contributed by atoms with van der Waals surface area (Å²) in [7, 11) is 2.64. The van der Waals surface area contributed by atoms with Gasteiger partial charge in [0.1, 0.15) is 11.6 Å². The molecule has 0 bridgehead atoms. The molecule has 2 N–H and O–H groups in total. The molecule has 0 saturated heterocycles. The molecule has 1 amide bonds. The second-order valence-electron chi connectivity index (χ2n) is 3.80. The van der Waals surface area contributed by atoms with Crippen molar-refractivity contribution in [2.24, 2.45) is 0 Å². The fourth-order valence-electron chi connectivity index (χ4n) is 1.28. The first-order valence-corrected chi connectivity index (χ1v) is 5.46. The molecule has 7 heteroatoms. The van der Waals surface area contributed by atoms with E-state index in [2.05, 4.69) is 15.4 Å². The van der Waals surface area contributed by atoms with E-state index in [4.69, 9.17) is 0 Å². The van der Waals surface area contributed by atoms with Crippen molar-refractivity contribution in [2.45, 2.75) is 13.0 Å². The molecular weight excluding hydrogens is 258 g/mol. The molecule has 0 aliphatic rings. The van der Waals surface area contributed by atoms with Crippen molar-refractivity contribution in [2.75, 3.05) is 19.5 Å². The number of esters is 1. The second kappa shape index (κ2) is 6.24. The van der Waals surface area contributed by atoms with Crippen molar-refractivity contribution in [3.63, 3.8) is 0 Å². The van der Waals surface area contributed by atoms with Crippen LogP contribution in [0.3, 0.4) is 0 Å². The van der Waals surface area contributed by atoms with Crippen LogP contribution in [0.25, 0.3) is 0 Å². The van der Waals surface area contributed by atoms with Crippen LogP contribution in [0.15, 0.2) is 12.1 Å². The summed E-state index contributed by atoms with van der Waals surface area (Å²) in [5.74, 6) is -3.48. The average molecular weight is 272 g/mol. The predicted molar refractivity (Wildman–Crippen MR) is 64.8 cm³/mol. The molecule has 0 aromatic heterocycles. The van der Waals surface area contributed by atoms with Gasteiger partial charge in [-0.15, -0.1) is 0 Å². The number of anilines is 1. The van der Waals surface area contributed by atoms with Gasteiger partial charge in [-0.25, -0.2) is 13.6 Å². The zero-order chi connectivity index (χ0) is 14.6. The highest BCUT2D eigenvalue weighted by Gasteiger charge is 2.19. The smallest absolute Gasteiger partial charge is 0.340 e. The maximum atomic E-state index is 13.5. The molecule has 1 aromatic rings. The van der Waals surface area contributed by atoms with E-state index >= 15 is 0 Å². The number of carbonyl (C=O) groups is 2. The molecule has 0 spiro atoms. The quantitative estimate of drug-likeness (QED) is 0.811. The van der Waals surface area contributed by atoms with Crippen molar-refractivity contribution in [3.05, 3.63) is 29.3 Å². The van der Waals surface area contributed by atoms with Crippen molar-refractivity contribution in [1.29, 1.82) is 0 Å². The van der Waals surface area contributed by atoms with Gasteiger partial charge in [0.25, 0.3) is 0 Å². The largest absolute Gasteiger partial charge is 0.465 e. The van der Waals surface area contributed by atoms with Crippen molar-refractivity contribution in [3.8, 4) is 0 Å². The first kappa shape index (κ1) is 15.0. The first-order valence-electron chi connectivity index (χ1n) is 5.46. The van der Waals surface area contributed by atoms with Crippen molar-refractivity contribution < 1.29 is 23.1 Å². The van der Waals surface area contributed by atoms with E-state index in [0.29, 0.717) is 6.07 Å². The summed E-state index contributed by atoms with van der Waals surface area (Å²) in [4.78, 5) is 22.8. The van der Waals surface area contributed by atoms with E-state index in [9.17, 15) is 18.4 Å². The molecule has 0 radical (unpaired) electrons. The number of hydrogen-bond acceptors (Lipinski definition) is 4. The Morgan fingerprint density at radius 2 is 1.89 bits per heavy atom. The Morgan fingerprint density at radius 3 is 2.42 bits per heavy atom. The molecule has 5 nitrogen and oxygen atoms in total. The monoisotopic (exact) mass is 272 g/mol. The molecule has 0 aliphatic carbocycles. The van der Waals surface area contributed by atoms with Crippen LogP contribution in [0.4, 0.5) is 14.5 Å². The summed E-state index contributed by atoms with van der Waals surface area (Å²) in [5.41, 5.74) is -0.731. The summed E-state index contributed by atoms with van der Waals surface area (Å²) in [6, 6.07) is 0.855. The van der Waals surface area contributed by atoms with Crippen molar-refractivity contribution in [1.82, 2.24) is 5.32 Å². The van der Waals surface area contributed by atoms with Gasteiger partial charge in [-0.1, -0.05) is 0 Å². The highest BCUT2D eigenvalue weighted by molar-refractivity contribution is 5.97. The lowest BCUT2D eigenvalue weighted by Gasteiger charge is -2.12. The molecule has 0 aliphatic heterocycles. The van der Waals surface area contributed by atoms with Crippen LogP contribution in [-0.4, -0.2) is 32.1 Å². The van der Waals surface area contributed by atoms with Gasteiger partial charge < -0.3 is 15.4 Å². The Labute approximate surface area is 108 Å². The summed E-state index contributed by atoms with van der Waals surface area (Å²) in [6.45, 7) is 1.57. The van der Waals surface area contributed by atoms with Gasteiger partial charge in [-0.2, -0.15) is 0 Å². The van der Waals surface area contributed by atoms with Gasteiger partial charge in [0.05, 0.1) is 24.4 Å². The molecule has 19 heavy (non-hydrogen) atoms.